The Bertz CT molecular complexity index is 652. The Morgan fingerprint density at radius 3 is 1.94 bits per heavy atom. The third-order valence-electron chi connectivity index (χ3n) is 7.15. The first-order chi connectivity index (χ1) is 14.0. The lowest BCUT2D eigenvalue weighted by Gasteiger charge is -2.36. The zero-order valence-electron chi connectivity index (χ0n) is 20.2. The number of hydrogen-bond acceptors (Lipinski definition) is 1. The molecule has 31 heavy (non-hydrogen) atoms. The molecule has 1 aromatic carbocycles. The molecule has 178 valence electrons. The van der Waals surface area contributed by atoms with E-state index in [2.05, 4.69) is 57.5 Å². The zero-order chi connectivity index (χ0) is 20.7. The largest absolute Gasteiger partial charge is 1.00 e. The summed E-state index contributed by atoms with van der Waals surface area (Å²) in [5.74, 6) is 2.08. The molecule has 1 saturated carbocycles. The number of benzene rings is 1. The lowest BCUT2D eigenvalue weighted by atomic mass is 9.75. The van der Waals surface area contributed by atoms with E-state index in [4.69, 9.17) is 4.84 Å². The zero-order valence-corrected chi connectivity index (χ0v) is 21.7. The van der Waals surface area contributed by atoms with Crippen molar-refractivity contribution in [1.82, 2.24) is 0 Å². The van der Waals surface area contributed by atoms with Gasteiger partial charge in [0.25, 0.3) is 0 Å². The van der Waals surface area contributed by atoms with Crippen LogP contribution in [0.2, 0.25) is 0 Å². The Hall–Kier alpha value is -0.700. The number of hydrogen-bond donors (Lipinski definition) is 1. The first-order valence-corrected chi connectivity index (χ1v) is 12.4. The van der Waals surface area contributed by atoms with Crippen LogP contribution in [0.3, 0.4) is 0 Å². The molecule has 0 radical (unpaired) electrons. The van der Waals surface area contributed by atoms with Crippen molar-refractivity contribution in [3.63, 3.8) is 0 Å². The van der Waals surface area contributed by atoms with Crippen LogP contribution in [0, 0.1) is 0 Å². The summed E-state index contributed by atoms with van der Waals surface area (Å²) in [6.45, 7) is 9.13. The molecule has 2 N–H and O–H groups in total. The number of para-hydroxylation sites is 1. The van der Waals surface area contributed by atoms with Gasteiger partial charge in [-0.1, -0.05) is 77.7 Å². The minimum absolute atomic E-state index is 0. The number of quaternary nitrogens is 1. The summed E-state index contributed by atoms with van der Waals surface area (Å²) in [5.41, 5.74) is 6.83. The molecule has 1 aromatic rings. The van der Waals surface area contributed by atoms with E-state index in [0.717, 1.165) is 5.75 Å². The predicted molar refractivity (Wildman–Crippen MR) is 123 cm³/mol. The summed E-state index contributed by atoms with van der Waals surface area (Å²) in [7, 11) is 0. The first-order valence-electron chi connectivity index (χ1n) is 12.4. The van der Waals surface area contributed by atoms with E-state index in [0.29, 0.717) is 11.8 Å². The second-order valence-electron chi connectivity index (χ2n) is 10.1. The third kappa shape index (κ3) is 7.41. The molecule has 0 aliphatic heterocycles. The number of hydroxylamine groups is 1. The van der Waals surface area contributed by atoms with Gasteiger partial charge in [0.1, 0.15) is 0 Å². The molecule has 0 heterocycles. The average Bonchev–Trinajstić information content (AvgIpc) is 2.86. The number of allylic oxidation sites excluding steroid dienone is 1. The second-order valence-corrected chi connectivity index (χ2v) is 10.1. The van der Waals surface area contributed by atoms with E-state index in [1.165, 1.54) is 88.2 Å². The minimum atomic E-state index is 0. The molecule has 2 aliphatic rings. The molecule has 4 heteroatoms. The van der Waals surface area contributed by atoms with Crippen LogP contribution in [0.15, 0.2) is 29.8 Å². The van der Waals surface area contributed by atoms with E-state index >= 15 is 0 Å². The Labute approximate surface area is 203 Å². The fourth-order valence-electron chi connectivity index (χ4n) is 5.31. The maximum Gasteiger partial charge on any atom is 0.196 e. The number of nitrogens with two attached hydrogens (primary N) is 1. The van der Waals surface area contributed by atoms with Crippen LogP contribution in [0.25, 0.3) is 0 Å². The highest BCUT2D eigenvalue weighted by Gasteiger charge is 2.41. The van der Waals surface area contributed by atoms with Crippen LogP contribution in [-0.2, 0) is 0 Å². The monoisotopic (exact) mass is 468 g/mol. The summed E-state index contributed by atoms with van der Waals surface area (Å²) in [6, 6.07) is 6.72. The molecule has 0 atom stereocenters. The molecule has 0 saturated heterocycles. The van der Waals surface area contributed by atoms with Gasteiger partial charge in [0.05, 0.1) is 0 Å². The van der Waals surface area contributed by atoms with E-state index in [1.54, 1.807) is 5.57 Å². The lowest BCUT2D eigenvalue weighted by molar-refractivity contribution is -0.904. The van der Waals surface area contributed by atoms with Crippen LogP contribution in [0.1, 0.15) is 128 Å². The van der Waals surface area contributed by atoms with E-state index in [1.807, 2.05) is 0 Å². The van der Waals surface area contributed by atoms with Gasteiger partial charge in [0.2, 0.25) is 0 Å². The highest BCUT2D eigenvalue weighted by atomic mass is 35.5. The van der Waals surface area contributed by atoms with Crippen molar-refractivity contribution in [1.29, 1.82) is 0 Å². The van der Waals surface area contributed by atoms with Crippen molar-refractivity contribution in [3.8, 4) is 5.75 Å². The maximum atomic E-state index is 6.72. The van der Waals surface area contributed by atoms with Gasteiger partial charge >= 0.3 is 0 Å². The molecule has 0 unspecified atom stereocenters. The van der Waals surface area contributed by atoms with Crippen molar-refractivity contribution in [3.05, 3.63) is 41.0 Å². The van der Waals surface area contributed by atoms with Gasteiger partial charge < -0.3 is 29.7 Å². The topological polar surface area (TPSA) is 25.8 Å². The Kier molecular flexibility index (Phi) is 12.6. The molecule has 0 spiro atoms. The quantitative estimate of drug-likeness (QED) is 0.492. The summed E-state index contributed by atoms with van der Waals surface area (Å²) in [6.07, 6.45) is 18.6. The minimum Gasteiger partial charge on any atom is -1.00 e. The highest BCUT2D eigenvalue weighted by Crippen LogP contribution is 2.37. The fourth-order valence-corrected chi connectivity index (χ4v) is 5.31. The lowest BCUT2D eigenvalue weighted by Crippen LogP contribution is -3.00. The van der Waals surface area contributed by atoms with E-state index in [-0.39, 0.29) is 30.4 Å². The van der Waals surface area contributed by atoms with Gasteiger partial charge in [-0.05, 0) is 55.9 Å². The van der Waals surface area contributed by atoms with E-state index in [9.17, 15) is 0 Å². The molecular formula is C27H44Cl2NO-. The normalized spacial score (nSPS) is 21.0. The summed E-state index contributed by atoms with van der Waals surface area (Å²) >= 11 is 0. The summed E-state index contributed by atoms with van der Waals surface area (Å²) in [4.78, 5) is 6.72. The smallest absolute Gasteiger partial charge is 0.196 e. The molecule has 0 amide bonds. The van der Waals surface area contributed by atoms with Crippen LogP contribution in [0.5, 0.6) is 5.75 Å². The number of rotatable bonds is 6. The van der Waals surface area contributed by atoms with Gasteiger partial charge in [-0.3, -0.25) is 0 Å². The Morgan fingerprint density at radius 2 is 1.32 bits per heavy atom. The van der Waals surface area contributed by atoms with Crippen LogP contribution in [0.4, 0.5) is 0 Å². The van der Waals surface area contributed by atoms with Crippen molar-refractivity contribution in [2.24, 2.45) is 0 Å². The van der Waals surface area contributed by atoms with E-state index < -0.39 is 0 Å². The SMILES string of the molecule is CC(C)c1cccc(C(C)C)c1O[NH2+]C1(/C2=C/CCCCCCC2)CCCCC1.[Cl-].[Cl-]. The summed E-state index contributed by atoms with van der Waals surface area (Å²) < 4.78 is 0. The van der Waals surface area contributed by atoms with Crippen molar-refractivity contribution in [2.75, 3.05) is 0 Å². The van der Waals surface area contributed by atoms with Crippen molar-refractivity contribution >= 4 is 0 Å². The molecule has 2 aliphatic carbocycles. The molecule has 1 fully saturated rings. The average molecular weight is 470 g/mol. The highest BCUT2D eigenvalue weighted by molar-refractivity contribution is 5.44. The van der Waals surface area contributed by atoms with Gasteiger partial charge in [0, 0.05) is 24.0 Å². The maximum absolute atomic E-state index is 6.72. The van der Waals surface area contributed by atoms with Crippen LogP contribution < -0.4 is 35.1 Å². The van der Waals surface area contributed by atoms with Crippen molar-refractivity contribution in [2.45, 2.75) is 122 Å². The third-order valence-corrected chi connectivity index (χ3v) is 7.15. The molecule has 0 aromatic heterocycles. The van der Waals surface area contributed by atoms with Gasteiger partial charge in [-0.2, -0.15) is 0 Å². The van der Waals surface area contributed by atoms with Crippen molar-refractivity contribution < 1.29 is 35.1 Å². The fraction of sp³-hybridized carbons (Fsp3) is 0.704. The standard InChI is InChI=1S/C27H43NO.2ClH/c1-21(2)24-17-14-18-25(22(3)4)26(24)29-28-27(19-12-9-13-20-27)23-15-10-7-5-6-8-11-16-23;;/h14-15,17-18,21-22,28H,5-13,16,19-20H2,1-4H3;2*1H/p-1/b23-15+;;. The van der Waals surface area contributed by atoms with Gasteiger partial charge in [-0.25, -0.2) is 0 Å². The predicted octanol–water partition coefficient (Wildman–Crippen LogP) is 1.17. The Balaban J connectivity index is 0.00000240. The molecule has 2 nitrogen and oxygen atoms in total. The van der Waals surface area contributed by atoms with Crippen LogP contribution in [-0.4, -0.2) is 5.54 Å². The molecule has 3 rings (SSSR count). The first kappa shape index (κ1) is 28.3. The molecular weight excluding hydrogens is 425 g/mol. The van der Waals surface area contributed by atoms with Gasteiger partial charge in [0.15, 0.2) is 11.3 Å². The second kappa shape index (κ2) is 13.8. The number of halogens is 2. The van der Waals surface area contributed by atoms with Crippen LogP contribution >= 0.6 is 0 Å². The molecule has 0 bridgehead atoms. The summed E-state index contributed by atoms with van der Waals surface area (Å²) in [5, 5.41) is 0. The van der Waals surface area contributed by atoms with Gasteiger partial charge in [-0.15, -0.1) is 5.48 Å². The Morgan fingerprint density at radius 1 is 0.774 bits per heavy atom.